The maximum absolute atomic E-state index is 12.1. The van der Waals surface area contributed by atoms with Crippen molar-refractivity contribution in [2.24, 2.45) is 5.92 Å². The number of nitrogens with zero attached hydrogens (tertiary/aromatic N) is 1. The summed E-state index contributed by atoms with van der Waals surface area (Å²) in [4.78, 5) is 24.7. The standard InChI is InChI=1S/C14H18N2O3/c1-16(10-6-3-2-4-7-10)14(19)15-12-9-5-8-11(12)13(17)18/h2-4,6-7,11-12H,5,8-9H2,1H3,(H,15,19)(H,17,18). The lowest BCUT2D eigenvalue weighted by Gasteiger charge is -2.23. The average Bonchev–Trinajstić information content (AvgIpc) is 2.87. The highest BCUT2D eigenvalue weighted by Gasteiger charge is 2.34. The van der Waals surface area contributed by atoms with Gasteiger partial charge in [0.2, 0.25) is 0 Å². The van der Waals surface area contributed by atoms with Crippen molar-refractivity contribution in [3.05, 3.63) is 30.3 Å². The lowest BCUT2D eigenvalue weighted by molar-refractivity contribution is -0.142. The SMILES string of the molecule is CN(C(=O)NC1CCCC1C(=O)O)c1ccccc1. The number of anilines is 1. The average molecular weight is 262 g/mol. The zero-order chi connectivity index (χ0) is 13.8. The molecule has 0 spiro atoms. The minimum Gasteiger partial charge on any atom is -0.481 e. The monoisotopic (exact) mass is 262 g/mol. The van der Waals surface area contributed by atoms with Gasteiger partial charge in [0.05, 0.1) is 5.92 Å². The van der Waals surface area contributed by atoms with Crippen molar-refractivity contribution >= 4 is 17.7 Å². The zero-order valence-corrected chi connectivity index (χ0v) is 10.9. The first kappa shape index (κ1) is 13.4. The van der Waals surface area contributed by atoms with E-state index in [0.29, 0.717) is 6.42 Å². The number of aliphatic carboxylic acids is 1. The van der Waals surface area contributed by atoms with Crippen LogP contribution in [0, 0.1) is 5.92 Å². The molecule has 2 N–H and O–H groups in total. The normalized spacial score (nSPS) is 21.9. The van der Waals surface area contributed by atoms with Gasteiger partial charge in [-0.05, 0) is 25.0 Å². The van der Waals surface area contributed by atoms with Crippen molar-refractivity contribution < 1.29 is 14.7 Å². The predicted octanol–water partition coefficient (Wildman–Crippen LogP) is 2.09. The Labute approximate surface area is 112 Å². The van der Waals surface area contributed by atoms with Gasteiger partial charge in [-0.15, -0.1) is 0 Å². The molecule has 5 nitrogen and oxygen atoms in total. The van der Waals surface area contributed by atoms with E-state index in [1.807, 2.05) is 30.3 Å². The molecule has 2 atom stereocenters. The van der Waals surface area contributed by atoms with E-state index in [4.69, 9.17) is 5.11 Å². The minimum atomic E-state index is -0.829. The van der Waals surface area contributed by atoms with Crippen LogP contribution in [0.4, 0.5) is 10.5 Å². The van der Waals surface area contributed by atoms with Crippen LogP contribution >= 0.6 is 0 Å². The summed E-state index contributed by atoms with van der Waals surface area (Å²) in [5.41, 5.74) is 0.782. The maximum atomic E-state index is 12.1. The molecule has 1 aromatic rings. The van der Waals surface area contributed by atoms with E-state index in [0.717, 1.165) is 18.5 Å². The number of rotatable bonds is 3. The molecule has 0 heterocycles. The molecule has 2 unspecified atom stereocenters. The van der Waals surface area contributed by atoms with E-state index in [9.17, 15) is 9.59 Å². The number of carboxylic acid groups (broad SMARTS) is 1. The van der Waals surface area contributed by atoms with E-state index in [1.54, 1.807) is 7.05 Å². The Bertz CT molecular complexity index is 461. The third-order valence-corrected chi connectivity index (χ3v) is 3.59. The summed E-state index contributed by atoms with van der Waals surface area (Å²) in [6, 6.07) is 8.74. The fourth-order valence-corrected chi connectivity index (χ4v) is 2.45. The van der Waals surface area contributed by atoms with Gasteiger partial charge in [0.1, 0.15) is 0 Å². The van der Waals surface area contributed by atoms with E-state index in [-0.39, 0.29) is 12.1 Å². The Morgan fingerprint density at radius 1 is 1.26 bits per heavy atom. The molecule has 1 aliphatic rings. The molecule has 1 aromatic carbocycles. The third-order valence-electron chi connectivity index (χ3n) is 3.59. The summed E-state index contributed by atoms with van der Waals surface area (Å²) < 4.78 is 0. The van der Waals surface area contributed by atoms with Crippen LogP contribution in [0.5, 0.6) is 0 Å². The lowest BCUT2D eigenvalue weighted by Crippen LogP contribution is -2.46. The molecule has 2 rings (SSSR count). The van der Waals surface area contributed by atoms with Gasteiger partial charge < -0.3 is 10.4 Å². The van der Waals surface area contributed by atoms with Gasteiger partial charge in [-0.2, -0.15) is 0 Å². The molecule has 0 aliphatic heterocycles. The summed E-state index contributed by atoms with van der Waals surface area (Å²) in [5.74, 6) is -1.29. The minimum absolute atomic E-state index is 0.260. The highest BCUT2D eigenvalue weighted by molar-refractivity contribution is 5.91. The van der Waals surface area contributed by atoms with Gasteiger partial charge in [-0.1, -0.05) is 24.6 Å². The molecule has 1 aliphatic carbocycles. The fraction of sp³-hybridized carbons (Fsp3) is 0.429. The van der Waals surface area contributed by atoms with Gasteiger partial charge in [0.25, 0.3) is 0 Å². The van der Waals surface area contributed by atoms with Gasteiger partial charge in [0.15, 0.2) is 0 Å². The largest absolute Gasteiger partial charge is 0.481 e. The van der Waals surface area contributed by atoms with Crippen molar-refractivity contribution in [3.8, 4) is 0 Å². The molecular weight excluding hydrogens is 244 g/mol. The molecule has 1 fully saturated rings. The Morgan fingerprint density at radius 2 is 1.95 bits per heavy atom. The van der Waals surface area contributed by atoms with Crippen LogP contribution in [0.2, 0.25) is 0 Å². The van der Waals surface area contributed by atoms with Gasteiger partial charge in [0, 0.05) is 18.8 Å². The number of nitrogens with one attached hydrogen (secondary N) is 1. The summed E-state index contributed by atoms with van der Waals surface area (Å²) in [6.45, 7) is 0. The van der Waals surface area contributed by atoms with E-state index < -0.39 is 11.9 Å². The lowest BCUT2D eigenvalue weighted by atomic mass is 10.0. The molecule has 0 aromatic heterocycles. The number of carbonyl (C=O) groups excluding carboxylic acids is 1. The highest BCUT2D eigenvalue weighted by atomic mass is 16.4. The molecule has 2 amide bonds. The van der Waals surface area contributed by atoms with Crippen LogP contribution in [0.3, 0.4) is 0 Å². The maximum Gasteiger partial charge on any atom is 0.321 e. The Hall–Kier alpha value is -2.04. The van der Waals surface area contributed by atoms with Crippen molar-refractivity contribution in [1.29, 1.82) is 0 Å². The molecule has 0 bridgehead atoms. The van der Waals surface area contributed by atoms with E-state index in [2.05, 4.69) is 5.32 Å². The number of hydrogen-bond donors (Lipinski definition) is 2. The Morgan fingerprint density at radius 3 is 2.58 bits per heavy atom. The van der Waals surface area contributed by atoms with Crippen LogP contribution in [-0.4, -0.2) is 30.2 Å². The molecule has 19 heavy (non-hydrogen) atoms. The van der Waals surface area contributed by atoms with Crippen molar-refractivity contribution in [3.63, 3.8) is 0 Å². The Kier molecular flexibility index (Phi) is 4.04. The first-order chi connectivity index (χ1) is 9.09. The van der Waals surface area contributed by atoms with Gasteiger partial charge >= 0.3 is 12.0 Å². The van der Waals surface area contributed by atoms with Crippen molar-refractivity contribution in [2.45, 2.75) is 25.3 Å². The number of amides is 2. The van der Waals surface area contributed by atoms with Crippen LogP contribution < -0.4 is 10.2 Å². The van der Waals surface area contributed by atoms with Crippen LogP contribution in [-0.2, 0) is 4.79 Å². The van der Waals surface area contributed by atoms with Crippen molar-refractivity contribution in [1.82, 2.24) is 5.32 Å². The first-order valence-electron chi connectivity index (χ1n) is 6.41. The molecule has 1 saturated carbocycles. The number of carbonyl (C=O) groups is 2. The summed E-state index contributed by atoms with van der Waals surface area (Å²) in [6.07, 6.45) is 2.21. The Balaban J connectivity index is 1.99. The van der Waals surface area contributed by atoms with Crippen LogP contribution in [0.1, 0.15) is 19.3 Å². The number of para-hydroxylation sites is 1. The number of hydrogen-bond acceptors (Lipinski definition) is 2. The highest BCUT2D eigenvalue weighted by Crippen LogP contribution is 2.26. The third kappa shape index (κ3) is 3.05. The second-order valence-corrected chi connectivity index (χ2v) is 4.83. The second-order valence-electron chi connectivity index (χ2n) is 4.83. The molecule has 102 valence electrons. The summed E-state index contributed by atoms with van der Waals surface area (Å²) >= 11 is 0. The quantitative estimate of drug-likeness (QED) is 0.876. The van der Waals surface area contributed by atoms with E-state index in [1.165, 1.54) is 4.90 Å². The molecule has 5 heteroatoms. The van der Waals surface area contributed by atoms with Gasteiger partial charge in [-0.25, -0.2) is 4.79 Å². The van der Waals surface area contributed by atoms with Crippen LogP contribution in [0.15, 0.2) is 30.3 Å². The van der Waals surface area contributed by atoms with E-state index >= 15 is 0 Å². The van der Waals surface area contributed by atoms with Crippen molar-refractivity contribution in [2.75, 3.05) is 11.9 Å². The summed E-state index contributed by atoms with van der Waals surface area (Å²) in [7, 11) is 1.68. The number of carboxylic acids is 1. The van der Waals surface area contributed by atoms with Crippen LogP contribution in [0.25, 0.3) is 0 Å². The molecule has 0 radical (unpaired) electrons. The number of benzene rings is 1. The molecule has 0 saturated heterocycles. The number of urea groups is 1. The van der Waals surface area contributed by atoms with Gasteiger partial charge in [-0.3, -0.25) is 9.69 Å². The topological polar surface area (TPSA) is 69.6 Å². The summed E-state index contributed by atoms with van der Waals surface area (Å²) in [5, 5.41) is 11.9. The second kappa shape index (κ2) is 5.73. The molecular formula is C14H18N2O3. The smallest absolute Gasteiger partial charge is 0.321 e. The first-order valence-corrected chi connectivity index (χ1v) is 6.41. The predicted molar refractivity (Wildman–Crippen MR) is 72.1 cm³/mol. The zero-order valence-electron chi connectivity index (χ0n) is 10.9. The fourth-order valence-electron chi connectivity index (χ4n) is 2.45.